The molecule has 3 aromatic rings. The van der Waals surface area contributed by atoms with Gasteiger partial charge in [-0.25, -0.2) is 12.8 Å². The number of nitriles is 1. The average molecular weight is 512 g/mol. The van der Waals surface area contributed by atoms with Gasteiger partial charge in [0.1, 0.15) is 35.8 Å². The highest BCUT2D eigenvalue weighted by molar-refractivity contribution is 7.91. The molecule has 0 aliphatic heterocycles. The van der Waals surface area contributed by atoms with Crippen LogP contribution in [0.4, 0.5) is 4.39 Å². The van der Waals surface area contributed by atoms with Crippen molar-refractivity contribution < 1.29 is 37.3 Å². The molecule has 0 saturated carbocycles. The van der Waals surface area contributed by atoms with Gasteiger partial charge in [-0.1, -0.05) is 17.4 Å². The SMILES string of the molecule is N#Cc1ccc(C(NS(=O)(=O)c2nnc(-c3ccc(OCC[NH3+])cc3)s2)O[P+](=O)[O-])cc1F. The van der Waals surface area contributed by atoms with Gasteiger partial charge in [0.25, 0.3) is 10.0 Å². The van der Waals surface area contributed by atoms with Crippen LogP contribution in [0.15, 0.2) is 46.8 Å². The molecule has 0 saturated heterocycles. The van der Waals surface area contributed by atoms with Crippen LogP contribution >= 0.6 is 19.6 Å². The third kappa shape index (κ3) is 6.34. The second-order valence-electron chi connectivity index (χ2n) is 6.28. The maximum Gasteiger partial charge on any atom is 0.490 e. The quantitative estimate of drug-likeness (QED) is 0.294. The predicted molar refractivity (Wildman–Crippen MR) is 111 cm³/mol. The lowest BCUT2D eigenvalue weighted by atomic mass is 10.1. The first-order chi connectivity index (χ1) is 15.7. The highest BCUT2D eigenvalue weighted by Gasteiger charge is 2.30. The van der Waals surface area contributed by atoms with Gasteiger partial charge in [-0.2, -0.15) is 9.98 Å². The van der Waals surface area contributed by atoms with Gasteiger partial charge in [-0.3, -0.25) is 0 Å². The first kappa shape index (κ1) is 24.7. The fourth-order valence-electron chi connectivity index (χ4n) is 2.53. The maximum absolute atomic E-state index is 14.0. The Labute approximate surface area is 192 Å². The lowest BCUT2D eigenvalue weighted by molar-refractivity contribution is -0.370. The molecule has 0 spiro atoms. The first-order valence-electron chi connectivity index (χ1n) is 9.12. The minimum Gasteiger partial charge on any atom is -0.566 e. The normalized spacial score (nSPS) is 12.7. The van der Waals surface area contributed by atoms with E-state index >= 15 is 0 Å². The third-order valence-corrected chi connectivity index (χ3v) is 7.14. The Morgan fingerprint density at radius 2 is 2.00 bits per heavy atom. The average Bonchev–Trinajstić information content (AvgIpc) is 3.28. The van der Waals surface area contributed by atoms with Crippen LogP contribution in [0.5, 0.6) is 5.75 Å². The van der Waals surface area contributed by atoms with Crippen LogP contribution in [0.2, 0.25) is 0 Å². The highest BCUT2D eigenvalue weighted by Crippen LogP contribution is 2.30. The van der Waals surface area contributed by atoms with E-state index in [9.17, 15) is 22.3 Å². The molecule has 0 bridgehead atoms. The van der Waals surface area contributed by atoms with E-state index in [1.54, 1.807) is 30.3 Å². The molecule has 15 heteroatoms. The first-order valence-corrected chi connectivity index (χ1v) is 12.5. The third-order valence-electron chi connectivity index (χ3n) is 4.02. The summed E-state index contributed by atoms with van der Waals surface area (Å²) in [5.74, 6) is -0.354. The topological polar surface area (TPSA) is 182 Å². The van der Waals surface area contributed by atoms with Crippen molar-refractivity contribution in [1.29, 1.82) is 5.26 Å². The molecule has 0 amide bonds. The monoisotopic (exact) mass is 512 g/mol. The lowest BCUT2D eigenvalue weighted by Gasteiger charge is -2.13. The Hall–Kier alpha value is -2.89. The number of hydrogen-bond donors (Lipinski definition) is 2. The van der Waals surface area contributed by atoms with E-state index in [4.69, 9.17) is 10.00 Å². The Kier molecular flexibility index (Phi) is 8.11. The van der Waals surface area contributed by atoms with E-state index in [1.165, 1.54) is 0 Å². The standard InChI is InChI=1S/C18H15FN5O6PS2/c19-15-9-12(1-2-13(15)10-21)16(30-31(25)26)24-33(27,28)18-23-22-17(32-18)11-3-5-14(6-4-11)29-8-7-20/h1-6,9,16,24H,7-8,20H2/p+1. The van der Waals surface area contributed by atoms with Crippen LogP contribution in [-0.2, 0) is 19.1 Å². The molecule has 3 rings (SSSR count). The van der Waals surface area contributed by atoms with Gasteiger partial charge in [-0.15, -0.1) is 14.7 Å². The maximum atomic E-state index is 14.0. The molecule has 2 aromatic carbocycles. The molecule has 0 aliphatic carbocycles. The second kappa shape index (κ2) is 10.8. The summed E-state index contributed by atoms with van der Waals surface area (Å²) in [7, 11) is -7.91. The zero-order valence-corrected chi connectivity index (χ0v) is 19.2. The number of halogens is 1. The summed E-state index contributed by atoms with van der Waals surface area (Å²) in [4.78, 5) is 11.1. The minimum absolute atomic E-state index is 0.170. The Morgan fingerprint density at radius 1 is 1.27 bits per heavy atom. The minimum atomic E-state index is -4.41. The van der Waals surface area contributed by atoms with Gasteiger partial charge in [-0.05, 0) is 41.0 Å². The summed E-state index contributed by atoms with van der Waals surface area (Å²) in [5, 5.41) is 16.6. The van der Waals surface area contributed by atoms with Crippen LogP contribution < -0.4 is 20.1 Å². The van der Waals surface area contributed by atoms with Gasteiger partial charge in [0.2, 0.25) is 10.6 Å². The number of sulfonamides is 1. The fourth-order valence-corrected chi connectivity index (χ4v) is 5.07. The van der Waals surface area contributed by atoms with Crippen LogP contribution in [0.25, 0.3) is 10.6 Å². The lowest BCUT2D eigenvalue weighted by Crippen LogP contribution is -2.52. The Morgan fingerprint density at radius 3 is 2.61 bits per heavy atom. The number of rotatable bonds is 10. The number of ether oxygens (including phenoxy) is 1. The molecule has 0 aliphatic rings. The molecule has 33 heavy (non-hydrogen) atoms. The van der Waals surface area contributed by atoms with Gasteiger partial charge >= 0.3 is 8.25 Å². The number of hydrogen-bond acceptors (Lipinski definition) is 10. The summed E-state index contributed by atoms with van der Waals surface area (Å²) in [5.41, 5.74) is 3.79. The van der Waals surface area contributed by atoms with Crippen molar-refractivity contribution in [2.45, 2.75) is 10.6 Å². The number of quaternary nitrogens is 1. The summed E-state index contributed by atoms with van der Waals surface area (Å²) < 4.78 is 62.2. The summed E-state index contributed by atoms with van der Waals surface area (Å²) in [6.07, 6.45) is -1.78. The summed E-state index contributed by atoms with van der Waals surface area (Å²) >= 11 is 0.735. The van der Waals surface area contributed by atoms with Crippen molar-refractivity contribution in [2.24, 2.45) is 0 Å². The van der Waals surface area contributed by atoms with Gasteiger partial charge in [0.05, 0.1) is 5.56 Å². The van der Waals surface area contributed by atoms with E-state index in [1.807, 2.05) is 4.72 Å². The molecule has 2 unspecified atom stereocenters. The fraction of sp³-hybridized carbons (Fsp3) is 0.167. The van der Waals surface area contributed by atoms with Crippen LogP contribution in [-0.4, -0.2) is 31.8 Å². The molecular formula is C18H16FN5O6PS2+. The zero-order chi connectivity index (χ0) is 24.0. The smallest absolute Gasteiger partial charge is 0.490 e. The van der Waals surface area contributed by atoms with Crippen LogP contribution in [0.3, 0.4) is 0 Å². The predicted octanol–water partition coefficient (Wildman–Crippen LogP) is 0.848. The number of nitrogens with one attached hydrogen (secondary N) is 1. The van der Waals surface area contributed by atoms with E-state index < -0.39 is 34.7 Å². The van der Waals surface area contributed by atoms with Crippen LogP contribution in [0.1, 0.15) is 17.4 Å². The van der Waals surface area contributed by atoms with Gasteiger partial charge in [0, 0.05) is 11.1 Å². The number of aromatic nitrogens is 2. The molecule has 1 aromatic heterocycles. The second-order valence-corrected chi connectivity index (χ2v) is 9.80. The number of benzene rings is 2. The van der Waals surface area contributed by atoms with Crippen molar-refractivity contribution >= 4 is 29.6 Å². The molecule has 172 valence electrons. The van der Waals surface area contributed by atoms with Crippen molar-refractivity contribution in [2.75, 3.05) is 13.2 Å². The summed E-state index contributed by atoms with van der Waals surface area (Å²) in [6.45, 7) is 1.06. The van der Waals surface area contributed by atoms with Crippen molar-refractivity contribution in [3.05, 3.63) is 59.4 Å². The molecule has 11 nitrogen and oxygen atoms in total. The highest BCUT2D eigenvalue weighted by atomic mass is 32.2. The molecule has 1 heterocycles. The molecular weight excluding hydrogens is 496 g/mol. The van der Waals surface area contributed by atoms with Gasteiger partial charge in [0.15, 0.2) is 0 Å². The molecule has 4 N–H and O–H groups in total. The molecule has 0 fully saturated rings. The van der Waals surface area contributed by atoms with Crippen molar-refractivity contribution in [3.8, 4) is 22.4 Å². The molecule has 0 radical (unpaired) electrons. The van der Waals surface area contributed by atoms with Gasteiger partial charge < -0.3 is 15.4 Å². The Balaban J connectivity index is 1.83. The zero-order valence-electron chi connectivity index (χ0n) is 16.7. The number of nitrogens with zero attached hydrogens (tertiary/aromatic N) is 3. The Bertz CT molecular complexity index is 1300. The van der Waals surface area contributed by atoms with E-state index in [2.05, 4.69) is 20.5 Å². The summed E-state index contributed by atoms with van der Waals surface area (Å²) in [6, 6.07) is 11.4. The van der Waals surface area contributed by atoms with E-state index in [0.717, 1.165) is 29.5 Å². The van der Waals surface area contributed by atoms with E-state index in [0.29, 0.717) is 24.5 Å². The van der Waals surface area contributed by atoms with E-state index in [-0.39, 0.29) is 16.1 Å². The van der Waals surface area contributed by atoms with Crippen molar-refractivity contribution in [1.82, 2.24) is 14.9 Å². The van der Waals surface area contributed by atoms with Crippen molar-refractivity contribution in [3.63, 3.8) is 0 Å². The molecule has 2 atom stereocenters. The largest absolute Gasteiger partial charge is 0.566 e. The van der Waals surface area contributed by atoms with Crippen LogP contribution in [0, 0.1) is 17.1 Å².